The van der Waals surface area contributed by atoms with Gasteiger partial charge in [0.15, 0.2) is 6.10 Å². The van der Waals surface area contributed by atoms with Crippen LogP contribution in [0.15, 0.2) is 46.9 Å². The molecule has 2 unspecified atom stereocenters. The van der Waals surface area contributed by atoms with E-state index in [4.69, 9.17) is 23.4 Å². The summed E-state index contributed by atoms with van der Waals surface area (Å²) in [6.45, 7) is 1.72. The molecule has 1 aliphatic rings. The third-order valence-corrected chi connectivity index (χ3v) is 5.49. The highest BCUT2D eigenvalue weighted by atomic mass is 16.5. The molecule has 9 nitrogen and oxygen atoms in total. The van der Waals surface area contributed by atoms with Crippen LogP contribution in [-0.4, -0.2) is 43.4 Å². The average molecular weight is 461 g/mol. The second-order valence-electron chi connectivity index (χ2n) is 7.54. The second kappa shape index (κ2) is 9.77. The first-order valence-electron chi connectivity index (χ1n) is 10.5. The third-order valence-electron chi connectivity index (χ3n) is 5.49. The summed E-state index contributed by atoms with van der Waals surface area (Å²) in [5.74, 6) is 1.91. The summed E-state index contributed by atoms with van der Waals surface area (Å²) in [6, 6.07) is 12.6. The number of benzene rings is 2. The number of hydrogen-bond donors (Lipinski definition) is 0. The minimum absolute atomic E-state index is 0.206. The first-order chi connectivity index (χ1) is 16.5. The minimum atomic E-state index is -0.804. The van der Waals surface area contributed by atoms with Crippen LogP contribution < -0.4 is 9.47 Å². The maximum absolute atomic E-state index is 13.2. The zero-order chi connectivity index (χ0) is 24.2. The molecular weight excluding hydrogens is 438 g/mol. The summed E-state index contributed by atoms with van der Waals surface area (Å²) < 4.78 is 27.6. The summed E-state index contributed by atoms with van der Waals surface area (Å²) in [6.07, 6.45) is 0.696. The molecule has 0 amide bonds. The first kappa shape index (κ1) is 23.0. The van der Waals surface area contributed by atoms with E-state index in [0.29, 0.717) is 52.2 Å². The van der Waals surface area contributed by atoms with Gasteiger partial charge in [-0.3, -0.25) is 4.79 Å². The molecule has 2 atom stereocenters. The third kappa shape index (κ3) is 4.36. The van der Waals surface area contributed by atoms with Crippen molar-refractivity contribution < 1.29 is 28.2 Å². The van der Waals surface area contributed by atoms with Gasteiger partial charge in [-0.2, -0.15) is 5.26 Å². The smallest absolute Gasteiger partial charge is 0.247 e. The molecule has 1 aliphatic heterocycles. The number of ketones is 1. The normalized spacial score (nSPS) is 15.7. The Morgan fingerprint density at radius 2 is 1.76 bits per heavy atom. The highest BCUT2D eigenvalue weighted by molar-refractivity contribution is 5.90. The summed E-state index contributed by atoms with van der Waals surface area (Å²) >= 11 is 0. The molecule has 2 aromatic carbocycles. The number of aryl methyl sites for hydroxylation is 1. The fraction of sp³-hybridized carbons (Fsp3) is 0.280. The molecule has 0 saturated heterocycles. The van der Waals surface area contributed by atoms with Crippen LogP contribution in [0.4, 0.5) is 0 Å². The van der Waals surface area contributed by atoms with E-state index in [1.165, 1.54) is 21.3 Å². The Hall–Kier alpha value is -4.16. The maximum atomic E-state index is 13.2. The maximum Gasteiger partial charge on any atom is 0.247 e. The van der Waals surface area contributed by atoms with Crippen molar-refractivity contribution in [3.05, 3.63) is 65.1 Å². The van der Waals surface area contributed by atoms with Gasteiger partial charge in [0.05, 0.1) is 14.2 Å². The predicted molar refractivity (Wildman–Crippen MR) is 121 cm³/mol. The number of carbonyl (C=O) groups is 1. The zero-order valence-electron chi connectivity index (χ0n) is 19.2. The number of nitriles is 1. The summed E-state index contributed by atoms with van der Waals surface area (Å²) in [5.41, 5.74) is 2.37. The lowest BCUT2D eigenvalue weighted by Gasteiger charge is -2.20. The van der Waals surface area contributed by atoms with Gasteiger partial charge in [0.2, 0.25) is 17.6 Å². The Kier molecular flexibility index (Phi) is 6.61. The number of Topliss-reactive ketones (excluding diaryl/α,β-unsaturated/α-hetero) is 1. The lowest BCUT2D eigenvalue weighted by atomic mass is 9.99. The number of methoxy groups -OCH3 is 3. The van der Waals surface area contributed by atoms with Crippen LogP contribution in [-0.2, 0) is 14.3 Å². The highest BCUT2D eigenvalue weighted by Gasteiger charge is 2.33. The van der Waals surface area contributed by atoms with Gasteiger partial charge in [-0.25, -0.2) is 0 Å². The quantitative estimate of drug-likeness (QED) is 0.490. The lowest BCUT2D eigenvalue weighted by molar-refractivity contribution is -0.136. The molecule has 174 valence electrons. The van der Waals surface area contributed by atoms with Gasteiger partial charge in [0.25, 0.3) is 0 Å². The number of aromatic nitrogens is 2. The monoisotopic (exact) mass is 461 g/mol. The predicted octanol–water partition coefficient (Wildman–Crippen LogP) is 4.02. The van der Waals surface area contributed by atoms with Crippen LogP contribution in [0.1, 0.15) is 35.1 Å². The SMILES string of the molecule is COc1cc(C2=CCC(C(=O)C(OC)c3ccc(-c4nnc(C)o4)cc3)O2)cc(OC)c1C#N. The molecule has 0 saturated carbocycles. The first-order valence-corrected chi connectivity index (χ1v) is 10.5. The number of hydrogen-bond acceptors (Lipinski definition) is 9. The topological polar surface area (TPSA) is 117 Å². The number of ether oxygens (including phenoxy) is 4. The minimum Gasteiger partial charge on any atom is -0.495 e. The molecule has 0 aliphatic carbocycles. The van der Waals surface area contributed by atoms with Crippen LogP contribution in [0, 0.1) is 18.3 Å². The summed E-state index contributed by atoms with van der Waals surface area (Å²) in [5, 5.41) is 17.2. The van der Waals surface area contributed by atoms with Gasteiger partial charge in [-0.1, -0.05) is 12.1 Å². The van der Waals surface area contributed by atoms with Crippen molar-refractivity contribution in [2.75, 3.05) is 21.3 Å². The Morgan fingerprint density at radius 1 is 1.09 bits per heavy atom. The second-order valence-corrected chi connectivity index (χ2v) is 7.54. The van der Waals surface area contributed by atoms with Gasteiger partial charge in [-0.15, -0.1) is 10.2 Å². The van der Waals surface area contributed by atoms with Crippen LogP contribution in [0.5, 0.6) is 11.5 Å². The van der Waals surface area contributed by atoms with Crippen molar-refractivity contribution >= 4 is 11.5 Å². The summed E-state index contributed by atoms with van der Waals surface area (Å²) in [4.78, 5) is 13.2. The van der Waals surface area contributed by atoms with Gasteiger partial charge in [-0.05, 0) is 35.9 Å². The standard InChI is InChI=1S/C25H23N3O6/c1-14-27-28-25(33-14)16-7-5-15(6-8-16)24(32-4)23(29)20-10-9-19(34-20)17-11-21(30-2)18(13-26)22(12-17)31-3/h5-9,11-12,20,24H,10H2,1-4H3. The van der Waals surface area contributed by atoms with Crippen molar-refractivity contribution in [2.24, 2.45) is 0 Å². The largest absolute Gasteiger partial charge is 0.495 e. The van der Waals surface area contributed by atoms with E-state index < -0.39 is 12.2 Å². The van der Waals surface area contributed by atoms with E-state index in [1.807, 2.05) is 6.08 Å². The molecule has 1 aromatic heterocycles. The molecule has 4 rings (SSSR count). The van der Waals surface area contributed by atoms with Crippen LogP contribution in [0.3, 0.4) is 0 Å². The van der Waals surface area contributed by atoms with Gasteiger partial charge in [0, 0.05) is 31.6 Å². The molecule has 0 N–H and O–H groups in total. The number of carbonyl (C=O) groups excluding carboxylic acids is 1. The van der Waals surface area contributed by atoms with Crippen LogP contribution >= 0.6 is 0 Å². The molecule has 0 bridgehead atoms. The van der Waals surface area contributed by atoms with Crippen molar-refractivity contribution in [3.8, 4) is 29.0 Å². The summed E-state index contributed by atoms with van der Waals surface area (Å²) in [7, 11) is 4.44. The fourth-order valence-corrected chi connectivity index (χ4v) is 3.79. The molecule has 9 heteroatoms. The molecule has 3 aromatic rings. The van der Waals surface area contributed by atoms with Crippen molar-refractivity contribution in [1.82, 2.24) is 10.2 Å². The van der Waals surface area contributed by atoms with E-state index in [2.05, 4.69) is 16.3 Å². The Balaban J connectivity index is 1.51. The Labute approximate surface area is 196 Å². The zero-order valence-corrected chi connectivity index (χ0v) is 19.2. The molecule has 2 heterocycles. The molecular formula is C25H23N3O6. The van der Waals surface area contributed by atoms with Crippen molar-refractivity contribution in [2.45, 2.75) is 25.6 Å². The van der Waals surface area contributed by atoms with Gasteiger partial charge in [0.1, 0.15) is 35.0 Å². The van der Waals surface area contributed by atoms with Crippen LogP contribution in [0.2, 0.25) is 0 Å². The fourth-order valence-electron chi connectivity index (χ4n) is 3.79. The molecule has 0 fully saturated rings. The molecule has 34 heavy (non-hydrogen) atoms. The molecule has 0 radical (unpaired) electrons. The molecule has 0 spiro atoms. The average Bonchev–Trinajstić information content (AvgIpc) is 3.53. The van der Waals surface area contributed by atoms with E-state index in [1.54, 1.807) is 43.3 Å². The van der Waals surface area contributed by atoms with E-state index in [-0.39, 0.29) is 5.78 Å². The Bertz CT molecular complexity index is 1250. The van der Waals surface area contributed by atoms with Gasteiger partial charge >= 0.3 is 0 Å². The lowest BCUT2D eigenvalue weighted by Crippen LogP contribution is -2.27. The van der Waals surface area contributed by atoms with Crippen LogP contribution in [0.25, 0.3) is 17.2 Å². The number of rotatable bonds is 8. The van der Waals surface area contributed by atoms with E-state index in [9.17, 15) is 10.1 Å². The van der Waals surface area contributed by atoms with Crippen molar-refractivity contribution in [3.63, 3.8) is 0 Å². The highest BCUT2D eigenvalue weighted by Crippen LogP contribution is 2.37. The van der Waals surface area contributed by atoms with E-state index in [0.717, 1.165) is 5.56 Å². The Morgan fingerprint density at radius 3 is 2.29 bits per heavy atom. The van der Waals surface area contributed by atoms with E-state index >= 15 is 0 Å². The number of nitrogens with zero attached hydrogens (tertiary/aromatic N) is 3. The van der Waals surface area contributed by atoms with Crippen molar-refractivity contribution in [1.29, 1.82) is 5.26 Å². The van der Waals surface area contributed by atoms with Gasteiger partial charge < -0.3 is 23.4 Å².